The number of benzene rings is 3. The van der Waals surface area contributed by atoms with E-state index in [1.165, 1.54) is 55.3 Å². The molecule has 4 aromatic heterocycles. The number of imidazole rings is 1. The van der Waals surface area contributed by atoms with Crippen LogP contribution in [0.2, 0.25) is 0 Å². The van der Waals surface area contributed by atoms with Gasteiger partial charge in [-0.25, -0.2) is 9.97 Å². The molecule has 0 amide bonds. The lowest BCUT2D eigenvalue weighted by molar-refractivity contribution is 1.23. The second-order valence-electron chi connectivity index (χ2n) is 9.67. The van der Waals surface area contributed by atoms with E-state index in [1.54, 1.807) is 0 Å². The van der Waals surface area contributed by atoms with Gasteiger partial charge in [0.25, 0.3) is 0 Å². The smallest absolute Gasteiger partial charge is 0.164 e. The van der Waals surface area contributed by atoms with Crippen LogP contribution in [0.5, 0.6) is 0 Å². The molecule has 4 heteroatoms. The van der Waals surface area contributed by atoms with Gasteiger partial charge in [0.05, 0.1) is 5.52 Å². The summed E-state index contributed by atoms with van der Waals surface area (Å²) in [6.07, 6.45) is 7.65. The van der Waals surface area contributed by atoms with Crippen LogP contribution in [-0.4, -0.2) is 19.4 Å². The first-order valence-electron chi connectivity index (χ1n) is 12.0. The highest BCUT2D eigenvalue weighted by molar-refractivity contribution is 6.19. The highest BCUT2D eigenvalue weighted by Crippen LogP contribution is 2.50. The first kappa shape index (κ1) is 17.8. The molecule has 0 saturated carbocycles. The van der Waals surface area contributed by atoms with Gasteiger partial charge in [-0.05, 0) is 80.9 Å². The molecule has 162 valence electrons. The molecule has 0 saturated heterocycles. The van der Waals surface area contributed by atoms with E-state index in [-0.39, 0.29) is 0 Å². The summed E-state index contributed by atoms with van der Waals surface area (Å²) in [5.41, 5.74) is 15.0. The molecule has 0 radical (unpaired) electrons. The van der Waals surface area contributed by atoms with E-state index >= 15 is 0 Å². The Balaban J connectivity index is 1.48. The second kappa shape index (κ2) is 6.10. The number of pyridine rings is 3. The van der Waals surface area contributed by atoms with Crippen LogP contribution >= 0.6 is 0 Å². The van der Waals surface area contributed by atoms with Crippen molar-refractivity contribution >= 4 is 38.5 Å². The third kappa shape index (κ3) is 2.11. The maximum absolute atomic E-state index is 5.13. The molecule has 4 nitrogen and oxygen atoms in total. The summed E-state index contributed by atoms with van der Waals surface area (Å²) < 4.78 is 2.22. The summed E-state index contributed by atoms with van der Waals surface area (Å²) in [6.45, 7) is 0. The van der Waals surface area contributed by atoms with Crippen molar-refractivity contribution in [1.82, 2.24) is 19.4 Å². The molecular weight excluding hydrogens is 428 g/mol. The van der Waals surface area contributed by atoms with Gasteiger partial charge in [-0.3, -0.25) is 9.38 Å². The minimum absolute atomic E-state index is 0.888. The largest absolute Gasteiger partial charge is 0.276 e. The monoisotopic (exact) mass is 446 g/mol. The molecule has 0 aliphatic heterocycles. The molecule has 0 N–H and O–H groups in total. The molecule has 0 fully saturated rings. The van der Waals surface area contributed by atoms with Crippen molar-refractivity contribution < 1.29 is 0 Å². The molecule has 0 unspecified atom stereocenters. The van der Waals surface area contributed by atoms with Crippen molar-refractivity contribution in [3.63, 3.8) is 0 Å². The SMILES string of the molecule is c1ccc2c(c1)Cc1ccc3c(c1-2)Cc1ccc2c4cnccc4n4c5ncccc5nc4c2c1-3. The van der Waals surface area contributed by atoms with Crippen molar-refractivity contribution in [2.24, 2.45) is 0 Å². The number of hydrogen-bond donors (Lipinski definition) is 0. The number of aromatic nitrogens is 4. The predicted molar refractivity (Wildman–Crippen MR) is 140 cm³/mol. The zero-order valence-corrected chi connectivity index (χ0v) is 18.8. The third-order valence-corrected chi connectivity index (χ3v) is 7.96. The topological polar surface area (TPSA) is 43.1 Å². The average Bonchev–Trinajstić information content (AvgIpc) is 3.59. The minimum atomic E-state index is 0.888. The lowest BCUT2D eigenvalue weighted by Gasteiger charge is -2.13. The van der Waals surface area contributed by atoms with E-state index in [0.717, 1.165) is 40.6 Å². The Morgan fingerprint density at radius 3 is 2.57 bits per heavy atom. The van der Waals surface area contributed by atoms with E-state index in [2.05, 4.69) is 70.0 Å². The Hall–Kier alpha value is -4.57. The van der Waals surface area contributed by atoms with E-state index in [4.69, 9.17) is 9.97 Å². The average molecular weight is 447 g/mol. The van der Waals surface area contributed by atoms with Crippen molar-refractivity contribution in [3.05, 3.63) is 108 Å². The van der Waals surface area contributed by atoms with Crippen LogP contribution in [-0.2, 0) is 12.8 Å². The summed E-state index contributed by atoms with van der Waals surface area (Å²) >= 11 is 0. The maximum atomic E-state index is 5.13. The lowest BCUT2D eigenvalue weighted by Crippen LogP contribution is -1.95. The molecule has 9 rings (SSSR count). The number of rotatable bonds is 0. The normalized spacial score (nSPS) is 13.5. The second-order valence-corrected chi connectivity index (χ2v) is 9.67. The van der Waals surface area contributed by atoms with E-state index in [9.17, 15) is 0 Å². The maximum Gasteiger partial charge on any atom is 0.164 e. The molecule has 0 bridgehead atoms. The highest BCUT2D eigenvalue weighted by atomic mass is 15.1. The Kier molecular flexibility index (Phi) is 3.11. The first-order chi connectivity index (χ1) is 17.4. The van der Waals surface area contributed by atoms with Gasteiger partial charge in [-0.1, -0.05) is 48.5 Å². The van der Waals surface area contributed by atoms with Gasteiger partial charge in [0.15, 0.2) is 5.65 Å². The number of fused-ring (bicyclic) bond motifs is 16. The van der Waals surface area contributed by atoms with Gasteiger partial charge < -0.3 is 0 Å². The van der Waals surface area contributed by atoms with E-state index in [0.29, 0.717) is 0 Å². The summed E-state index contributed by atoms with van der Waals surface area (Å²) in [7, 11) is 0. The number of nitrogens with zero attached hydrogens (tertiary/aromatic N) is 4. The van der Waals surface area contributed by atoms with Crippen molar-refractivity contribution in [2.75, 3.05) is 0 Å². The first-order valence-corrected chi connectivity index (χ1v) is 12.0. The van der Waals surface area contributed by atoms with Crippen LogP contribution < -0.4 is 0 Å². The van der Waals surface area contributed by atoms with Crippen LogP contribution in [0.15, 0.2) is 85.3 Å². The molecule has 4 heterocycles. The van der Waals surface area contributed by atoms with Crippen molar-refractivity contribution in [3.8, 4) is 22.3 Å². The van der Waals surface area contributed by atoms with E-state index < -0.39 is 0 Å². The van der Waals surface area contributed by atoms with Crippen LogP contribution in [0, 0.1) is 0 Å². The van der Waals surface area contributed by atoms with Gasteiger partial charge in [-0.15, -0.1) is 0 Å². The summed E-state index contributed by atoms with van der Waals surface area (Å²) in [6, 6.07) is 24.2. The van der Waals surface area contributed by atoms with Crippen LogP contribution in [0.25, 0.3) is 60.7 Å². The molecule has 3 aromatic carbocycles. The number of hydrogen-bond acceptors (Lipinski definition) is 3. The Morgan fingerprint density at radius 1 is 0.657 bits per heavy atom. The molecule has 35 heavy (non-hydrogen) atoms. The van der Waals surface area contributed by atoms with Gasteiger partial charge >= 0.3 is 0 Å². The predicted octanol–water partition coefficient (Wildman–Crippen LogP) is 6.73. The van der Waals surface area contributed by atoms with Crippen LogP contribution in [0.3, 0.4) is 0 Å². The molecule has 0 atom stereocenters. The lowest BCUT2D eigenvalue weighted by atomic mass is 9.93. The molecular formula is C31H18N4. The van der Waals surface area contributed by atoms with Gasteiger partial charge in [0, 0.05) is 29.4 Å². The highest BCUT2D eigenvalue weighted by Gasteiger charge is 2.30. The summed E-state index contributed by atoms with van der Waals surface area (Å²) in [4.78, 5) is 14.3. The molecule has 2 aliphatic rings. The van der Waals surface area contributed by atoms with Gasteiger partial charge in [0.2, 0.25) is 0 Å². The zero-order valence-electron chi connectivity index (χ0n) is 18.8. The fourth-order valence-corrected chi connectivity index (χ4v) is 6.57. The van der Waals surface area contributed by atoms with Crippen LogP contribution in [0.4, 0.5) is 0 Å². The fraction of sp³-hybridized carbons (Fsp3) is 0.0645. The quantitative estimate of drug-likeness (QED) is 0.243. The molecule has 7 aromatic rings. The van der Waals surface area contributed by atoms with Gasteiger partial charge in [-0.2, -0.15) is 0 Å². The third-order valence-electron chi connectivity index (χ3n) is 7.96. The molecule has 0 spiro atoms. The Labute approximate surface area is 200 Å². The van der Waals surface area contributed by atoms with Gasteiger partial charge in [0.1, 0.15) is 11.2 Å². The zero-order chi connectivity index (χ0) is 22.7. The van der Waals surface area contributed by atoms with Crippen molar-refractivity contribution in [2.45, 2.75) is 12.8 Å². The fourth-order valence-electron chi connectivity index (χ4n) is 6.57. The summed E-state index contributed by atoms with van der Waals surface area (Å²) in [5.74, 6) is 0. The standard InChI is InChI=1S/C31H18N4/c1-2-5-20-17(4-1)14-18-7-9-21-23(27(18)20)15-19-8-10-22-24-16-32-13-11-26(24)35-30-25(6-3-12-33-30)34-31(35)29(22)28(19)21/h1-13,16H,14-15H2. The van der Waals surface area contributed by atoms with Crippen molar-refractivity contribution in [1.29, 1.82) is 0 Å². The minimum Gasteiger partial charge on any atom is -0.276 e. The van der Waals surface area contributed by atoms with Crippen LogP contribution in [0.1, 0.15) is 22.3 Å². The van der Waals surface area contributed by atoms with E-state index in [1.807, 2.05) is 24.7 Å². The Morgan fingerprint density at radius 2 is 1.57 bits per heavy atom. The molecule has 2 aliphatic carbocycles. The Bertz CT molecular complexity index is 2070. The summed E-state index contributed by atoms with van der Waals surface area (Å²) in [5, 5.41) is 3.53.